The van der Waals surface area contributed by atoms with Crippen molar-refractivity contribution in [3.05, 3.63) is 182 Å². The van der Waals surface area contributed by atoms with Crippen molar-refractivity contribution in [2.75, 3.05) is 4.90 Å². The second-order valence-electron chi connectivity index (χ2n) is 12.8. The maximum absolute atomic E-state index is 6.54. The van der Waals surface area contributed by atoms with E-state index in [0.717, 1.165) is 66.8 Å². The monoisotopic (exact) mass is 654 g/mol. The largest absolute Gasteiger partial charge is 0.456 e. The molecule has 0 radical (unpaired) electrons. The Balaban J connectivity index is 1.16. The van der Waals surface area contributed by atoms with Gasteiger partial charge in [0.15, 0.2) is 5.58 Å². The molecule has 2 aromatic heterocycles. The lowest BCUT2D eigenvalue weighted by atomic mass is 10.00. The van der Waals surface area contributed by atoms with Crippen molar-refractivity contribution in [3.8, 4) is 33.7 Å². The van der Waals surface area contributed by atoms with Crippen LogP contribution in [-0.2, 0) is 0 Å². The van der Waals surface area contributed by atoms with E-state index in [1.807, 2.05) is 48.5 Å². The zero-order valence-corrected chi connectivity index (χ0v) is 27.5. The topological polar surface area (TPSA) is 42.4 Å². The van der Waals surface area contributed by atoms with Crippen molar-refractivity contribution in [1.29, 1.82) is 0 Å². The van der Waals surface area contributed by atoms with Crippen LogP contribution < -0.4 is 4.90 Å². The first-order valence-corrected chi connectivity index (χ1v) is 17.1. The van der Waals surface area contributed by atoms with Crippen LogP contribution in [0.4, 0.5) is 17.1 Å². The van der Waals surface area contributed by atoms with Gasteiger partial charge in [0.2, 0.25) is 5.89 Å². The van der Waals surface area contributed by atoms with E-state index in [2.05, 4.69) is 138 Å². The van der Waals surface area contributed by atoms with Crippen molar-refractivity contribution in [1.82, 2.24) is 4.98 Å². The third-order valence-electron chi connectivity index (χ3n) is 9.71. The van der Waals surface area contributed by atoms with E-state index in [0.29, 0.717) is 5.89 Å². The van der Waals surface area contributed by atoms with Gasteiger partial charge in [-0.3, -0.25) is 0 Å². The molecule has 0 amide bonds. The van der Waals surface area contributed by atoms with Crippen LogP contribution in [0, 0.1) is 0 Å². The minimum absolute atomic E-state index is 0.567. The van der Waals surface area contributed by atoms with Crippen LogP contribution in [0.5, 0.6) is 0 Å². The van der Waals surface area contributed by atoms with Crippen LogP contribution in [0.2, 0.25) is 0 Å². The first-order valence-electron chi connectivity index (χ1n) is 17.1. The van der Waals surface area contributed by atoms with E-state index >= 15 is 0 Å². The van der Waals surface area contributed by atoms with Gasteiger partial charge in [-0.05, 0) is 99.8 Å². The van der Waals surface area contributed by atoms with Gasteiger partial charge in [0.05, 0.1) is 11.1 Å². The maximum atomic E-state index is 6.54. The number of fused-ring (bicyclic) bond motifs is 5. The average Bonchev–Trinajstić information content (AvgIpc) is 3.81. The molecule has 0 bridgehead atoms. The molecule has 0 saturated heterocycles. The van der Waals surface area contributed by atoms with E-state index in [1.165, 1.54) is 21.9 Å². The van der Waals surface area contributed by atoms with Gasteiger partial charge in [0.1, 0.15) is 16.7 Å². The lowest BCUT2D eigenvalue weighted by Gasteiger charge is -2.27. The van der Waals surface area contributed by atoms with Gasteiger partial charge in [-0.15, -0.1) is 0 Å². The normalized spacial score (nSPS) is 11.5. The van der Waals surface area contributed by atoms with Crippen LogP contribution in [0.15, 0.2) is 191 Å². The summed E-state index contributed by atoms with van der Waals surface area (Å²) in [7, 11) is 0. The average molecular weight is 655 g/mol. The minimum Gasteiger partial charge on any atom is -0.456 e. The van der Waals surface area contributed by atoms with Crippen molar-refractivity contribution in [2.45, 2.75) is 0 Å². The second kappa shape index (κ2) is 11.9. The summed E-state index contributed by atoms with van der Waals surface area (Å²) in [5, 5.41) is 4.43. The summed E-state index contributed by atoms with van der Waals surface area (Å²) in [5.41, 5.74) is 11.8. The fraction of sp³-hybridized carbons (Fsp3) is 0. The molecular formula is C47H30N2O2. The number of anilines is 3. The Labute approximate surface area is 294 Å². The van der Waals surface area contributed by atoms with E-state index in [-0.39, 0.29) is 0 Å². The molecule has 0 spiro atoms. The predicted octanol–water partition coefficient (Wildman–Crippen LogP) is 13.4. The summed E-state index contributed by atoms with van der Waals surface area (Å²) in [6.07, 6.45) is 0. The Morgan fingerprint density at radius 3 is 1.75 bits per heavy atom. The molecule has 0 saturated carbocycles. The molecule has 4 heteroatoms. The molecule has 0 fully saturated rings. The lowest BCUT2D eigenvalue weighted by Crippen LogP contribution is -2.10. The summed E-state index contributed by atoms with van der Waals surface area (Å²) >= 11 is 0. The van der Waals surface area contributed by atoms with E-state index < -0.39 is 0 Å². The quantitative estimate of drug-likeness (QED) is 0.179. The highest BCUT2D eigenvalue weighted by Crippen LogP contribution is 2.46. The smallest absolute Gasteiger partial charge is 0.228 e. The van der Waals surface area contributed by atoms with Crippen molar-refractivity contribution in [3.63, 3.8) is 0 Å². The van der Waals surface area contributed by atoms with Gasteiger partial charge in [0.25, 0.3) is 0 Å². The molecule has 0 aliphatic carbocycles. The number of rotatable bonds is 6. The summed E-state index contributed by atoms with van der Waals surface area (Å²) < 4.78 is 12.9. The molecular weight excluding hydrogens is 625 g/mol. The molecule has 8 aromatic carbocycles. The number of benzene rings is 8. The molecule has 0 aliphatic heterocycles. The number of nitrogens with zero attached hydrogens (tertiary/aromatic N) is 2. The molecule has 10 rings (SSSR count). The number of para-hydroxylation sites is 2. The second-order valence-corrected chi connectivity index (χ2v) is 12.8. The van der Waals surface area contributed by atoms with Crippen LogP contribution in [-0.4, -0.2) is 4.98 Å². The highest BCUT2D eigenvalue weighted by molar-refractivity contribution is 6.18. The molecule has 10 aromatic rings. The molecule has 240 valence electrons. The van der Waals surface area contributed by atoms with Crippen molar-refractivity contribution >= 4 is 60.9 Å². The zero-order valence-electron chi connectivity index (χ0n) is 27.5. The molecule has 0 unspecified atom stereocenters. The fourth-order valence-electron chi connectivity index (χ4n) is 7.23. The number of aromatic nitrogens is 1. The third kappa shape index (κ3) is 5.04. The highest BCUT2D eigenvalue weighted by Gasteiger charge is 2.23. The Morgan fingerprint density at radius 1 is 0.392 bits per heavy atom. The highest BCUT2D eigenvalue weighted by atomic mass is 16.3. The van der Waals surface area contributed by atoms with E-state index in [9.17, 15) is 0 Å². The number of furan rings is 1. The van der Waals surface area contributed by atoms with Gasteiger partial charge < -0.3 is 13.7 Å². The van der Waals surface area contributed by atoms with Crippen LogP contribution in [0.3, 0.4) is 0 Å². The SMILES string of the molecule is c1ccc(-c2ccc(N(c3ccc(-c4ccc5ccccc5c4)cc3)c3cccc4oc5cccc(-c6nc7ccccc7o6)c5c34)cc2)cc1. The van der Waals surface area contributed by atoms with E-state index in [4.69, 9.17) is 13.8 Å². The molecule has 0 N–H and O–H groups in total. The summed E-state index contributed by atoms with van der Waals surface area (Å²) in [5.74, 6) is 0.567. The van der Waals surface area contributed by atoms with Gasteiger partial charge in [-0.1, -0.05) is 115 Å². The fourth-order valence-corrected chi connectivity index (χ4v) is 7.23. The Morgan fingerprint density at radius 2 is 0.980 bits per heavy atom. The first-order chi connectivity index (χ1) is 25.3. The van der Waals surface area contributed by atoms with Gasteiger partial charge in [-0.2, -0.15) is 0 Å². The van der Waals surface area contributed by atoms with Gasteiger partial charge in [-0.25, -0.2) is 4.98 Å². The van der Waals surface area contributed by atoms with Gasteiger partial charge >= 0.3 is 0 Å². The van der Waals surface area contributed by atoms with Gasteiger partial charge in [0, 0.05) is 22.3 Å². The molecule has 4 nitrogen and oxygen atoms in total. The Hall–Kier alpha value is -6.91. The predicted molar refractivity (Wildman–Crippen MR) is 210 cm³/mol. The standard InChI is InChI=1S/C47H30N2O2/c1-2-10-31(11-3-1)33-22-26-37(27-23-33)49(38-28-24-34(25-29-38)36-21-20-32-12-4-5-13-35(32)30-36)41-16-9-19-44-46(41)45-39(14-8-18-43(45)50-44)47-48-40-15-6-7-17-42(40)51-47/h1-30H. The lowest BCUT2D eigenvalue weighted by molar-refractivity contribution is 0.620. The van der Waals surface area contributed by atoms with Crippen LogP contribution >= 0.6 is 0 Å². The number of hydrogen-bond acceptors (Lipinski definition) is 4. The number of hydrogen-bond donors (Lipinski definition) is 0. The maximum Gasteiger partial charge on any atom is 0.228 e. The molecule has 51 heavy (non-hydrogen) atoms. The molecule has 0 atom stereocenters. The molecule has 0 aliphatic rings. The first kappa shape index (κ1) is 29.0. The Bertz CT molecular complexity index is 2820. The van der Waals surface area contributed by atoms with Crippen LogP contribution in [0.1, 0.15) is 0 Å². The minimum atomic E-state index is 0.567. The molecule has 2 heterocycles. The third-order valence-corrected chi connectivity index (χ3v) is 9.71. The van der Waals surface area contributed by atoms with Crippen LogP contribution in [0.25, 0.3) is 77.5 Å². The number of oxazole rings is 1. The summed E-state index contributed by atoms with van der Waals surface area (Å²) in [4.78, 5) is 7.20. The summed E-state index contributed by atoms with van der Waals surface area (Å²) in [6, 6.07) is 63.5. The zero-order chi connectivity index (χ0) is 33.7. The van der Waals surface area contributed by atoms with E-state index in [1.54, 1.807) is 0 Å². The Kier molecular flexibility index (Phi) is 6.78. The summed E-state index contributed by atoms with van der Waals surface area (Å²) in [6.45, 7) is 0. The van der Waals surface area contributed by atoms with Crippen molar-refractivity contribution in [2.24, 2.45) is 0 Å². The van der Waals surface area contributed by atoms with Crippen molar-refractivity contribution < 1.29 is 8.83 Å².